The van der Waals surface area contributed by atoms with Gasteiger partial charge in [-0.3, -0.25) is 9.59 Å². The van der Waals surface area contributed by atoms with E-state index in [9.17, 15) is 9.59 Å². The summed E-state index contributed by atoms with van der Waals surface area (Å²) in [6, 6.07) is 0. The van der Waals surface area contributed by atoms with Gasteiger partial charge in [0.2, 0.25) is 5.91 Å². The van der Waals surface area contributed by atoms with E-state index in [0.29, 0.717) is 6.42 Å². The molecule has 5 nitrogen and oxygen atoms in total. The quantitative estimate of drug-likeness (QED) is 0.724. The van der Waals surface area contributed by atoms with Crippen molar-refractivity contribution in [1.29, 1.82) is 0 Å². The number of nitrogens with one attached hydrogen (secondary N) is 1. The van der Waals surface area contributed by atoms with Crippen molar-refractivity contribution in [2.75, 3.05) is 19.6 Å². The maximum Gasteiger partial charge on any atom is 0.305 e. The van der Waals surface area contributed by atoms with Crippen molar-refractivity contribution in [1.82, 2.24) is 10.2 Å². The van der Waals surface area contributed by atoms with Crippen LogP contribution in [-0.4, -0.2) is 47.1 Å². The Morgan fingerprint density at radius 1 is 1.29 bits per heavy atom. The first kappa shape index (κ1) is 14.0. The topological polar surface area (TPSA) is 69.6 Å². The summed E-state index contributed by atoms with van der Waals surface area (Å²) in [4.78, 5) is 24.5. The number of amides is 1. The molecule has 0 aromatic rings. The Morgan fingerprint density at radius 3 is 2.41 bits per heavy atom. The minimum Gasteiger partial charge on any atom is -0.481 e. The molecule has 98 valence electrons. The number of rotatable bonds is 6. The summed E-state index contributed by atoms with van der Waals surface area (Å²) >= 11 is 0. The van der Waals surface area contributed by atoms with Crippen LogP contribution < -0.4 is 5.32 Å². The van der Waals surface area contributed by atoms with Crippen LogP contribution in [0.3, 0.4) is 0 Å². The van der Waals surface area contributed by atoms with Crippen LogP contribution in [0.5, 0.6) is 0 Å². The van der Waals surface area contributed by atoms with Crippen LogP contribution in [0.2, 0.25) is 0 Å². The molecule has 0 saturated carbocycles. The summed E-state index contributed by atoms with van der Waals surface area (Å²) in [5, 5.41) is 11.5. The molecule has 0 aliphatic carbocycles. The minimum atomic E-state index is -0.894. The van der Waals surface area contributed by atoms with Crippen LogP contribution in [-0.2, 0) is 9.59 Å². The number of carboxylic acids is 1. The Morgan fingerprint density at radius 2 is 1.88 bits per heavy atom. The Labute approximate surface area is 102 Å². The van der Waals surface area contributed by atoms with Gasteiger partial charge in [-0.15, -0.1) is 0 Å². The lowest BCUT2D eigenvalue weighted by Crippen LogP contribution is -2.45. The Bertz CT molecular complexity index is 283. The fraction of sp³-hybridized carbons (Fsp3) is 0.833. The molecule has 0 aromatic heterocycles. The first-order chi connectivity index (χ1) is 7.89. The van der Waals surface area contributed by atoms with E-state index in [1.165, 1.54) is 12.8 Å². The molecule has 0 bridgehead atoms. The normalized spacial score (nSPS) is 17.1. The van der Waals surface area contributed by atoms with Crippen molar-refractivity contribution >= 4 is 11.9 Å². The van der Waals surface area contributed by atoms with E-state index in [0.717, 1.165) is 19.6 Å². The lowest BCUT2D eigenvalue weighted by molar-refractivity contribution is -0.138. The number of carbonyl (C=O) groups is 2. The fourth-order valence-corrected chi connectivity index (χ4v) is 2.13. The monoisotopic (exact) mass is 242 g/mol. The van der Waals surface area contributed by atoms with Gasteiger partial charge in [0.1, 0.15) is 0 Å². The van der Waals surface area contributed by atoms with Gasteiger partial charge in [-0.2, -0.15) is 0 Å². The molecule has 2 N–H and O–H groups in total. The largest absolute Gasteiger partial charge is 0.481 e. The molecule has 5 heteroatoms. The smallest absolute Gasteiger partial charge is 0.305 e. The maximum absolute atomic E-state index is 11.7. The SMILES string of the molecule is CC(C)(CC(=O)O)NC(=O)CCN1CCCC1. The standard InChI is InChI=1S/C12H22N2O3/c1-12(2,9-11(16)17)13-10(15)5-8-14-6-3-4-7-14/h3-9H2,1-2H3,(H,13,15)(H,16,17). The van der Waals surface area contributed by atoms with Gasteiger partial charge in [0.05, 0.1) is 6.42 Å². The number of likely N-dealkylation sites (tertiary alicyclic amines) is 1. The van der Waals surface area contributed by atoms with Gasteiger partial charge >= 0.3 is 5.97 Å². The van der Waals surface area contributed by atoms with Crippen LogP contribution in [0, 0.1) is 0 Å². The van der Waals surface area contributed by atoms with Gasteiger partial charge < -0.3 is 15.3 Å². The molecule has 1 aliphatic heterocycles. The van der Waals surface area contributed by atoms with Crippen molar-refractivity contribution in [3.63, 3.8) is 0 Å². The number of carbonyl (C=O) groups excluding carboxylic acids is 1. The summed E-state index contributed by atoms with van der Waals surface area (Å²) in [6.07, 6.45) is 2.82. The Hall–Kier alpha value is -1.10. The zero-order chi connectivity index (χ0) is 12.9. The third kappa shape index (κ3) is 5.68. The highest BCUT2D eigenvalue weighted by molar-refractivity contribution is 5.78. The first-order valence-electron chi connectivity index (χ1n) is 6.14. The van der Waals surface area contributed by atoms with Crippen LogP contribution in [0.1, 0.15) is 39.5 Å². The van der Waals surface area contributed by atoms with Crippen molar-refractivity contribution in [3.8, 4) is 0 Å². The third-order valence-corrected chi connectivity index (χ3v) is 2.92. The zero-order valence-electron chi connectivity index (χ0n) is 10.7. The molecule has 1 heterocycles. The Kier molecular flexibility index (Phi) is 4.93. The fourth-order valence-electron chi connectivity index (χ4n) is 2.13. The molecular weight excluding hydrogens is 220 g/mol. The minimum absolute atomic E-state index is 0.0531. The molecule has 0 unspecified atom stereocenters. The van der Waals surface area contributed by atoms with Crippen LogP contribution in [0.25, 0.3) is 0 Å². The van der Waals surface area contributed by atoms with Gasteiger partial charge in [-0.25, -0.2) is 0 Å². The molecule has 17 heavy (non-hydrogen) atoms. The van der Waals surface area contributed by atoms with Gasteiger partial charge in [0.25, 0.3) is 0 Å². The van der Waals surface area contributed by atoms with Crippen LogP contribution in [0.15, 0.2) is 0 Å². The van der Waals surface area contributed by atoms with Gasteiger partial charge in [0.15, 0.2) is 0 Å². The predicted molar refractivity (Wildman–Crippen MR) is 64.8 cm³/mol. The summed E-state index contributed by atoms with van der Waals surface area (Å²) in [5.74, 6) is -0.960. The molecule has 0 radical (unpaired) electrons. The number of aliphatic carboxylic acids is 1. The van der Waals surface area contributed by atoms with E-state index >= 15 is 0 Å². The maximum atomic E-state index is 11.7. The van der Waals surface area contributed by atoms with Crippen molar-refractivity contribution in [2.45, 2.75) is 45.1 Å². The van der Waals surface area contributed by atoms with E-state index in [1.54, 1.807) is 13.8 Å². The molecule has 1 amide bonds. The molecule has 1 saturated heterocycles. The lowest BCUT2D eigenvalue weighted by atomic mass is 10.0. The zero-order valence-corrected chi connectivity index (χ0v) is 10.7. The molecule has 1 rings (SSSR count). The molecule has 1 fully saturated rings. The van der Waals surface area contributed by atoms with Crippen molar-refractivity contribution < 1.29 is 14.7 Å². The van der Waals surface area contributed by atoms with E-state index in [4.69, 9.17) is 5.11 Å². The number of carboxylic acid groups (broad SMARTS) is 1. The summed E-state index contributed by atoms with van der Waals surface area (Å²) in [5.41, 5.74) is -0.673. The lowest BCUT2D eigenvalue weighted by Gasteiger charge is -2.25. The third-order valence-electron chi connectivity index (χ3n) is 2.92. The number of nitrogens with zero attached hydrogens (tertiary/aromatic N) is 1. The van der Waals surface area contributed by atoms with E-state index < -0.39 is 11.5 Å². The van der Waals surface area contributed by atoms with Crippen LogP contribution >= 0.6 is 0 Å². The summed E-state index contributed by atoms with van der Waals surface area (Å²) in [6.45, 7) is 6.39. The second kappa shape index (κ2) is 6.00. The molecule has 0 aromatic carbocycles. The number of hydrogen-bond donors (Lipinski definition) is 2. The molecule has 1 aliphatic rings. The highest BCUT2D eigenvalue weighted by atomic mass is 16.4. The highest BCUT2D eigenvalue weighted by Gasteiger charge is 2.24. The van der Waals surface area contributed by atoms with Crippen molar-refractivity contribution in [2.24, 2.45) is 0 Å². The van der Waals surface area contributed by atoms with Crippen LogP contribution in [0.4, 0.5) is 0 Å². The highest BCUT2D eigenvalue weighted by Crippen LogP contribution is 2.10. The van der Waals surface area contributed by atoms with Crippen molar-refractivity contribution in [3.05, 3.63) is 0 Å². The molecular formula is C12H22N2O3. The average molecular weight is 242 g/mol. The predicted octanol–water partition coefficient (Wildman–Crippen LogP) is 0.842. The van der Waals surface area contributed by atoms with Gasteiger partial charge in [0, 0.05) is 18.5 Å². The average Bonchev–Trinajstić information content (AvgIpc) is 2.63. The summed E-state index contributed by atoms with van der Waals surface area (Å²) in [7, 11) is 0. The molecule has 0 atom stereocenters. The van der Waals surface area contributed by atoms with Gasteiger partial charge in [-0.1, -0.05) is 0 Å². The second-order valence-electron chi connectivity index (χ2n) is 5.30. The molecule has 0 spiro atoms. The second-order valence-corrected chi connectivity index (χ2v) is 5.30. The van der Waals surface area contributed by atoms with E-state index in [-0.39, 0.29) is 12.3 Å². The van der Waals surface area contributed by atoms with E-state index in [2.05, 4.69) is 10.2 Å². The van der Waals surface area contributed by atoms with E-state index in [1.807, 2.05) is 0 Å². The first-order valence-corrected chi connectivity index (χ1v) is 6.14. The Balaban J connectivity index is 2.25. The number of hydrogen-bond acceptors (Lipinski definition) is 3. The van der Waals surface area contributed by atoms with Gasteiger partial charge in [-0.05, 0) is 39.8 Å². The summed E-state index contributed by atoms with van der Waals surface area (Å²) < 4.78 is 0.